The first kappa shape index (κ1) is 18.6. The summed E-state index contributed by atoms with van der Waals surface area (Å²) in [6.07, 6.45) is 2.55. The van der Waals surface area contributed by atoms with Crippen molar-refractivity contribution < 1.29 is 14.4 Å². The molecule has 0 aliphatic carbocycles. The van der Waals surface area contributed by atoms with Gasteiger partial charge in [0.2, 0.25) is 0 Å². The standard InChI is InChI=1S/C21H23N3O3/c1-6-15-7-9-17(10-8-15)24-13(2)11-16(14(24)3)12-18-19(25)22(4)21(27)23(5)20(18)26/h7-12H,6H2,1-5H3. The Balaban J connectivity index is 2.06. The first-order valence-electron chi connectivity index (χ1n) is 8.86. The van der Waals surface area contributed by atoms with Crippen LogP contribution >= 0.6 is 0 Å². The molecular formula is C21H23N3O3. The maximum atomic E-state index is 12.4. The Morgan fingerprint density at radius 2 is 1.48 bits per heavy atom. The number of benzene rings is 1. The van der Waals surface area contributed by atoms with Crippen LogP contribution < -0.4 is 0 Å². The van der Waals surface area contributed by atoms with Gasteiger partial charge in [0.05, 0.1) is 0 Å². The molecule has 0 bridgehead atoms. The number of carbonyl (C=O) groups excluding carboxylic acids is 3. The molecule has 6 nitrogen and oxygen atoms in total. The Kier molecular flexibility index (Phi) is 4.74. The highest BCUT2D eigenvalue weighted by atomic mass is 16.2. The van der Waals surface area contributed by atoms with E-state index in [9.17, 15) is 14.4 Å². The number of hydrogen-bond donors (Lipinski definition) is 0. The molecule has 2 aromatic rings. The molecule has 140 valence electrons. The van der Waals surface area contributed by atoms with Crippen LogP contribution in [0.2, 0.25) is 0 Å². The smallest absolute Gasteiger partial charge is 0.318 e. The highest BCUT2D eigenvalue weighted by Crippen LogP contribution is 2.25. The molecule has 6 heteroatoms. The van der Waals surface area contributed by atoms with Gasteiger partial charge in [-0.25, -0.2) is 4.79 Å². The second-order valence-electron chi connectivity index (χ2n) is 6.75. The van der Waals surface area contributed by atoms with Crippen molar-refractivity contribution in [3.63, 3.8) is 0 Å². The van der Waals surface area contributed by atoms with Gasteiger partial charge in [0.1, 0.15) is 5.57 Å². The minimum Gasteiger partial charge on any atom is -0.318 e. The Labute approximate surface area is 158 Å². The van der Waals surface area contributed by atoms with Crippen molar-refractivity contribution in [1.82, 2.24) is 14.4 Å². The summed E-state index contributed by atoms with van der Waals surface area (Å²) in [6, 6.07) is 9.63. The molecule has 1 aliphatic rings. The first-order valence-corrected chi connectivity index (χ1v) is 8.86. The number of aryl methyl sites for hydroxylation is 2. The third-order valence-electron chi connectivity index (χ3n) is 5.02. The van der Waals surface area contributed by atoms with Crippen molar-refractivity contribution in [1.29, 1.82) is 0 Å². The van der Waals surface area contributed by atoms with Crippen molar-refractivity contribution in [3.8, 4) is 5.69 Å². The van der Waals surface area contributed by atoms with Crippen molar-refractivity contribution in [2.24, 2.45) is 0 Å². The molecule has 3 rings (SSSR count). The number of hydrogen-bond acceptors (Lipinski definition) is 3. The summed E-state index contributed by atoms with van der Waals surface area (Å²) in [5.74, 6) is -1.17. The molecule has 0 saturated carbocycles. The zero-order valence-corrected chi connectivity index (χ0v) is 16.2. The molecule has 1 aromatic heterocycles. The summed E-state index contributed by atoms with van der Waals surface area (Å²) < 4.78 is 2.09. The van der Waals surface area contributed by atoms with E-state index in [4.69, 9.17) is 0 Å². The predicted octanol–water partition coefficient (Wildman–Crippen LogP) is 3.09. The minimum atomic E-state index is -0.622. The summed E-state index contributed by atoms with van der Waals surface area (Å²) >= 11 is 0. The van der Waals surface area contributed by atoms with Gasteiger partial charge in [-0.2, -0.15) is 0 Å². The van der Waals surface area contributed by atoms with Gasteiger partial charge >= 0.3 is 6.03 Å². The zero-order valence-electron chi connectivity index (χ0n) is 16.2. The number of amides is 4. The van der Waals surface area contributed by atoms with Crippen LogP contribution in [0.25, 0.3) is 11.8 Å². The predicted molar refractivity (Wildman–Crippen MR) is 104 cm³/mol. The Bertz CT molecular complexity index is 941. The van der Waals surface area contributed by atoms with E-state index < -0.39 is 17.8 Å². The molecular weight excluding hydrogens is 342 g/mol. The van der Waals surface area contributed by atoms with Crippen molar-refractivity contribution in [2.45, 2.75) is 27.2 Å². The highest BCUT2D eigenvalue weighted by molar-refractivity contribution is 6.30. The Morgan fingerprint density at radius 3 is 2.00 bits per heavy atom. The van der Waals surface area contributed by atoms with E-state index in [0.717, 1.165) is 38.9 Å². The average molecular weight is 365 g/mol. The molecule has 0 N–H and O–H groups in total. The maximum absolute atomic E-state index is 12.4. The van der Waals surface area contributed by atoms with Crippen molar-refractivity contribution in [3.05, 3.63) is 58.4 Å². The van der Waals surface area contributed by atoms with Gasteiger partial charge in [-0.1, -0.05) is 19.1 Å². The van der Waals surface area contributed by atoms with Crippen LogP contribution in [0.1, 0.15) is 29.4 Å². The topological polar surface area (TPSA) is 62.6 Å². The summed E-state index contributed by atoms with van der Waals surface area (Å²) in [4.78, 5) is 38.6. The molecule has 4 amide bonds. The van der Waals surface area contributed by atoms with E-state index in [1.165, 1.54) is 19.7 Å². The molecule has 1 fully saturated rings. The molecule has 2 heterocycles. The second-order valence-corrected chi connectivity index (χ2v) is 6.75. The molecule has 0 atom stereocenters. The van der Waals surface area contributed by atoms with Crippen LogP contribution in [0.15, 0.2) is 35.9 Å². The zero-order chi connectivity index (χ0) is 19.9. The van der Waals surface area contributed by atoms with Crippen LogP contribution in [0.3, 0.4) is 0 Å². The van der Waals surface area contributed by atoms with Gasteiger partial charge in [-0.15, -0.1) is 0 Å². The quantitative estimate of drug-likeness (QED) is 0.620. The van der Waals surface area contributed by atoms with Gasteiger partial charge in [0.25, 0.3) is 11.8 Å². The third-order valence-corrected chi connectivity index (χ3v) is 5.02. The lowest BCUT2D eigenvalue weighted by atomic mass is 10.1. The molecule has 0 spiro atoms. The lowest BCUT2D eigenvalue weighted by Crippen LogP contribution is -2.52. The van der Waals surface area contributed by atoms with E-state index in [1.807, 2.05) is 19.9 Å². The Hall–Kier alpha value is -3.15. The van der Waals surface area contributed by atoms with Crippen LogP contribution in [-0.2, 0) is 16.0 Å². The van der Waals surface area contributed by atoms with E-state index >= 15 is 0 Å². The first-order chi connectivity index (χ1) is 12.8. The SMILES string of the molecule is CCc1ccc(-n2c(C)cc(C=C3C(=O)N(C)C(=O)N(C)C3=O)c2C)cc1. The number of carbonyl (C=O) groups is 3. The molecule has 0 unspecified atom stereocenters. The van der Waals surface area contributed by atoms with Crippen LogP contribution in [0.5, 0.6) is 0 Å². The van der Waals surface area contributed by atoms with Crippen LogP contribution in [0, 0.1) is 13.8 Å². The summed E-state index contributed by atoms with van der Waals surface area (Å²) in [7, 11) is 2.75. The third kappa shape index (κ3) is 3.07. The monoisotopic (exact) mass is 365 g/mol. The molecule has 27 heavy (non-hydrogen) atoms. The minimum absolute atomic E-state index is 0.0128. The fourth-order valence-corrected chi connectivity index (χ4v) is 3.34. The van der Waals surface area contributed by atoms with Gasteiger partial charge in [0.15, 0.2) is 0 Å². The summed E-state index contributed by atoms with van der Waals surface area (Å²) in [5, 5.41) is 0. The lowest BCUT2D eigenvalue weighted by Gasteiger charge is -2.28. The van der Waals surface area contributed by atoms with Gasteiger partial charge in [-0.05, 0) is 55.7 Å². The van der Waals surface area contributed by atoms with E-state index in [2.05, 4.69) is 35.8 Å². The lowest BCUT2D eigenvalue weighted by molar-refractivity contribution is -0.134. The van der Waals surface area contributed by atoms with Gasteiger partial charge < -0.3 is 4.57 Å². The van der Waals surface area contributed by atoms with E-state index in [1.54, 1.807) is 6.08 Å². The van der Waals surface area contributed by atoms with Crippen LogP contribution in [0.4, 0.5) is 4.79 Å². The second kappa shape index (κ2) is 6.87. The molecule has 1 saturated heterocycles. The van der Waals surface area contributed by atoms with E-state index in [0.29, 0.717) is 0 Å². The average Bonchev–Trinajstić information content (AvgIpc) is 2.95. The fraction of sp³-hybridized carbons (Fsp3) is 0.286. The number of rotatable bonds is 3. The molecule has 1 aliphatic heterocycles. The maximum Gasteiger partial charge on any atom is 0.333 e. The van der Waals surface area contributed by atoms with Crippen LogP contribution in [-0.4, -0.2) is 46.3 Å². The van der Waals surface area contributed by atoms with Crippen molar-refractivity contribution in [2.75, 3.05) is 14.1 Å². The van der Waals surface area contributed by atoms with Gasteiger partial charge in [0, 0.05) is 31.2 Å². The number of aromatic nitrogens is 1. The fourth-order valence-electron chi connectivity index (χ4n) is 3.34. The van der Waals surface area contributed by atoms with Gasteiger partial charge in [-0.3, -0.25) is 19.4 Å². The number of urea groups is 1. The van der Waals surface area contributed by atoms with E-state index in [-0.39, 0.29) is 5.57 Å². The van der Waals surface area contributed by atoms with Crippen molar-refractivity contribution >= 4 is 23.9 Å². The molecule has 1 aromatic carbocycles. The number of imide groups is 2. The number of nitrogens with zero attached hydrogens (tertiary/aromatic N) is 3. The Morgan fingerprint density at radius 1 is 0.926 bits per heavy atom. The number of likely N-dealkylation sites (N-methyl/N-ethyl adjacent to an activating group) is 2. The normalized spacial score (nSPS) is 15.0. The summed E-state index contributed by atoms with van der Waals surface area (Å²) in [5.41, 5.74) is 4.97. The number of barbiturate groups is 1. The summed E-state index contributed by atoms with van der Waals surface area (Å²) in [6.45, 7) is 6.04. The molecule has 0 radical (unpaired) electrons. The highest BCUT2D eigenvalue weighted by Gasteiger charge is 2.37. The largest absolute Gasteiger partial charge is 0.333 e.